The number of carbonyl (C=O) groups is 1. The highest BCUT2D eigenvalue weighted by Gasteiger charge is 2.31. The lowest BCUT2D eigenvalue weighted by molar-refractivity contribution is -0.384. The van der Waals surface area contributed by atoms with Crippen molar-refractivity contribution in [3.63, 3.8) is 0 Å². The first kappa shape index (κ1) is 15.7. The van der Waals surface area contributed by atoms with Crippen LogP contribution in [0.3, 0.4) is 0 Å². The Morgan fingerprint density at radius 2 is 2.00 bits per heavy atom. The zero-order chi connectivity index (χ0) is 18.6. The van der Waals surface area contributed by atoms with Crippen molar-refractivity contribution in [2.24, 2.45) is 0 Å². The number of Topliss-reactive ketones (excluding diaryl/α,β-unsaturated/α-hetero) is 1. The predicted octanol–water partition coefficient (Wildman–Crippen LogP) is 3.41. The molecule has 2 heterocycles. The van der Waals surface area contributed by atoms with E-state index in [1.165, 1.54) is 24.3 Å². The number of benzene rings is 2. The number of aromatic amines is 1. The minimum Gasteiger partial charge on any atom is -0.508 e. The van der Waals surface area contributed by atoms with Crippen LogP contribution in [0.5, 0.6) is 17.2 Å². The molecule has 8 heteroatoms. The molecule has 0 aliphatic carbocycles. The maximum absolute atomic E-state index is 12.5. The number of non-ortho nitro benzene ring substituents is 1. The summed E-state index contributed by atoms with van der Waals surface area (Å²) in [5, 5.41) is 31.0. The molecule has 0 fully saturated rings. The zero-order valence-electron chi connectivity index (χ0n) is 13.4. The van der Waals surface area contributed by atoms with Crippen LogP contribution in [0.1, 0.15) is 21.6 Å². The highest BCUT2D eigenvalue weighted by molar-refractivity contribution is 6.17. The number of fused-ring (bicyclic) bond motifs is 2. The van der Waals surface area contributed by atoms with Crippen LogP contribution >= 0.6 is 0 Å². The summed E-state index contributed by atoms with van der Waals surface area (Å²) in [5.74, 6) is -1.12. The number of ketones is 1. The van der Waals surface area contributed by atoms with Crippen LogP contribution < -0.4 is 4.74 Å². The van der Waals surface area contributed by atoms with E-state index in [0.29, 0.717) is 22.2 Å². The molecule has 0 unspecified atom stereocenters. The van der Waals surface area contributed by atoms with Crippen LogP contribution in [0, 0.1) is 17.0 Å². The second-order valence-electron chi connectivity index (χ2n) is 5.93. The van der Waals surface area contributed by atoms with Crippen LogP contribution in [-0.4, -0.2) is 25.9 Å². The maximum atomic E-state index is 12.5. The topological polar surface area (TPSA) is 126 Å². The van der Waals surface area contributed by atoms with Crippen molar-refractivity contribution in [3.05, 3.63) is 63.0 Å². The molecule has 2 aromatic carbocycles. The lowest BCUT2D eigenvalue weighted by Gasteiger charge is -2.00. The molecule has 26 heavy (non-hydrogen) atoms. The summed E-state index contributed by atoms with van der Waals surface area (Å²) in [6.45, 7) is 1.77. The smallest absolute Gasteiger partial charge is 0.270 e. The number of H-pyrrole nitrogens is 1. The van der Waals surface area contributed by atoms with E-state index in [0.717, 1.165) is 6.07 Å². The Bertz CT molecular complexity index is 1140. The van der Waals surface area contributed by atoms with E-state index in [2.05, 4.69) is 4.98 Å². The van der Waals surface area contributed by atoms with E-state index in [-0.39, 0.29) is 34.3 Å². The van der Waals surface area contributed by atoms with Crippen LogP contribution in [0.2, 0.25) is 0 Å². The number of allylic oxidation sites excluding steroid dienone is 1. The Morgan fingerprint density at radius 3 is 2.73 bits per heavy atom. The molecule has 0 atom stereocenters. The zero-order valence-corrected chi connectivity index (χ0v) is 13.4. The van der Waals surface area contributed by atoms with Gasteiger partial charge in [0.2, 0.25) is 5.78 Å². The van der Waals surface area contributed by atoms with E-state index in [9.17, 15) is 25.1 Å². The fourth-order valence-corrected chi connectivity index (χ4v) is 3.04. The van der Waals surface area contributed by atoms with E-state index >= 15 is 0 Å². The third kappa shape index (κ3) is 2.27. The molecule has 3 N–H and O–H groups in total. The molecule has 0 bridgehead atoms. The fraction of sp³-hybridized carbons (Fsp3) is 0.0556. The van der Waals surface area contributed by atoms with Gasteiger partial charge in [-0.25, -0.2) is 0 Å². The Morgan fingerprint density at radius 1 is 1.23 bits per heavy atom. The van der Waals surface area contributed by atoms with Gasteiger partial charge in [0.25, 0.3) is 5.69 Å². The number of rotatable bonds is 2. The third-order valence-electron chi connectivity index (χ3n) is 4.24. The molecule has 0 spiro atoms. The number of hydrogen-bond acceptors (Lipinski definition) is 6. The number of ether oxygens (including phenoxy) is 1. The van der Waals surface area contributed by atoms with Gasteiger partial charge >= 0.3 is 0 Å². The first-order valence-corrected chi connectivity index (χ1v) is 7.62. The SMILES string of the molecule is Cc1[nH]c2ccc([N+](=O)[O-])cc2c1C=C1Oc2cc(O)cc(O)c2C1=O. The summed E-state index contributed by atoms with van der Waals surface area (Å²) in [6.07, 6.45) is 1.47. The lowest BCUT2D eigenvalue weighted by Crippen LogP contribution is -1.98. The average Bonchev–Trinajstić information content (AvgIpc) is 3.04. The molecule has 1 aromatic heterocycles. The molecule has 1 aliphatic rings. The quantitative estimate of drug-likeness (QED) is 0.369. The van der Waals surface area contributed by atoms with Crippen LogP contribution in [-0.2, 0) is 0 Å². The molecule has 4 rings (SSSR count). The predicted molar refractivity (Wildman–Crippen MR) is 92.4 cm³/mol. The van der Waals surface area contributed by atoms with E-state index in [4.69, 9.17) is 4.74 Å². The second-order valence-corrected chi connectivity index (χ2v) is 5.93. The third-order valence-corrected chi connectivity index (χ3v) is 4.24. The number of nitrogens with one attached hydrogen (secondary N) is 1. The number of nitro benzene ring substituents is 1. The van der Waals surface area contributed by atoms with Crippen molar-refractivity contribution in [2.45, 2.75) is 6.92 Å². The number of nitrogens with zero attached hydrogens (tertiary/aromatic N) is 1. The number of nitro groups is 1. The highest BCUT2D eigenvalue weighted by Crippen LogP contribution is 2.41. The van der Waals surface area contributed by atoms with Crippen molar-refractivity contribution in [3.8, 4) is 17.2 Å². The van der Waals surface area contributed by atoms with Gasteiger partial charge in [-0.15, -0.1) is 0 Å². The Hall–Kier alpha value is -3.81. The number of phenolic OH excluding ortho intramolecular Hbond substituents is 2. The number of aryl methyl sites for hydroxylation is 1. The number of aromatic hydroxyl groups is 2. The molecule has 1 aliphatic heterocycles. The van der Waals surface area contributed by atoms with Gasteiger partial charge in [-0.05, 0) is 19.1 Å². The average molecular weight is 352 g/mol. The molecular weight excluding hydrogens is 340 g/mol. The minimum absolute atomic E-state index is 0.0301. The molecule has 0 saturated carbocycles. The van der Waals surface area contributed by atoms with Gasteiger partial charge in [-0.2, -0.15) is 0 Å². The van der Waals surface area contributed by atoms with Gasteiger partial charge in [0.05, 0.1) is 4.92 Å². The molecule has 8 nitrogen and oxygen atoms in total. The number of aromatic nitrogens is 1. The second kappa shape index (κ2) is 5.35. The standard InChI is InChI=1S/C18H12N2O6/c1-8-11(12-4-9(20(24)25)2-3-13(12)19-8)7-16-18(23)17-14(22)5-10(21)6-15(17)26-16/h2-7,19,21-22H,1H3. The van der Waals surface area contributed by atoms with Gasteiger partial charge in [-0.3, -0.25) is 14.9 Å². The van der Waals surface area contributed by atoms with Gasteiger partial charge in [0.15, 0.2) is 5.76 Å². The summed E-state index contributed by atoms with van der Waals surface area (Å²) >= 11 is 0. The van der Waals surface area contributed by atoms with E-state index < -0.39 is 10.7 Å². The largest absolute Gasteiger partial charge is 0.508 e. The summed E-state index contributed by atoms with van der Waals surface area (Å²) in [6, 6.07) is 6.70. The molecule has 0 amide bonds. The first-order chi connectivity index (χ1) is 12.3. The van der Waals surface area contributed by atoms with Crippen molar-refractivity contribution in [1.29, 1.82) is 0 Å². The molecule has 130 valence electrons. The monoisotopic (exact) mass is 352 g/mol. The minimum atomic E-state index is -0.531. The number of carbonyl (C=O) groups excluding carboxylic acids is 1. The van der Waals surface area contributed by atoms with Crippen molar-refractivity contribution >= 4 is 28.4 Å². The van der Waals surface area contributed by atoms with Gasteiger partial charge < -0.3 is 19.9 Å². The van der Waals surface area contributed by atoms with Gasteiger partial charge in [0, 0.05) is 46.4 Å². The van der Waals surface area contributed by atoms with Crippen LogP contribution in [0.25, 0.3) is 17.0 Å². The molecule has 0 saturated heterocycles. The molecule has 0 radical (unpaired) electrons. The van der Waals surface area contributed by atoms with Crippen LogP contribution in [0.4, 0.5) is 5.69 Å². The van der Waals surface area contributed by atoms with Crippen molar-refractivity contribution in [1.82, 2.24) is 4.98 Å². The Balaban J connectivity index is 1.86. The fourth-order valence-electron chi connectivity index (χ4n) is 3.04. The Kier molecular flexibility index (Phi) is 3.23. The van der Waals surface area contributed by atoms with Crippen LogP contribution in [0.15, 0.2) is 36.1 Å². The molecular formula is C18H12N2O6. The molecule has 3 aromatic rings. The first-order valence-electron chi connectivity index (χ1n) is 7.62. The number of hydrogen-bond donors (Lipinski definition) is 3. The van der Waals surface area contributed by atoms with Gasteiger partial charge in [0.1, 0.15) is 22.8 Å². The van der Waals surface area contributed by atoms with Gasteiger partial charge in [-0.1, -0.05) is 0 Å². The summed E-state index contributed by atoms with van der Waals surface area (Å²) in [4.78, 5) is 26.2. The van der Waals surface area contributed by atoms with Crippen molar-refractivity contribution < 1.29 is 24.7 Å². The summed E-state index contributed by atoms with van der Waals surface area (Å²) in [5.41, 5.74) is 1.86. The Labute approximate surface area is 146 Å². The van der Waals surface area contributed by atoms with Crippen molar-refractivity contribution in [2.75, 3.05) is 0 Å². The maximum Gasteiger partial charge on any atom is 0.270 e. The lowest BCUT2D eigenvalue weighted by atomic mass is 10.1. The highest BCUT2D eigenvalue weighted by atomic mass is 16.6. The summed E-state index contributed by atoms with van der Waals surface area (Å²) in [7, 11) is 0. The normalized spacial score (nSPS) is 14.7. The van der Waals surface area contributed by atoms with E-state index in [1.54, 1.807) is 13.0 Å². The summed E-state index contributed by atoms with van der Waals surface area (Å²) < 4.78 is 5.48. The number of phenols is 2. The van der Waals surface area contributed by atoms with E-state index in [1.807, 2.05) is 0 Å².